The second-order valence-corrected chi connectivity index (χ2v) is 7.55. The van der Waals surface area contributed by atoms with Gasteiger partial charge in [-0.1, -0.05) is 6.07 Å². The van der Waals surface area contributed by atoms with Gasteiger partial charge in [-0.15, -0.1) is 0 Å². The fourth-order valence-corrected chi connectivity index (χ4v) is 3.35. The summed E-state index contributed by atoms with van der Waals surface area (Å²) in [5.41, 5.74) is -0.405. The summed E-state index contributed by atoms with van der Waals surface area (Å²) < 4.78 is 16.4. The number of aliphatic imine (C=N–C) groups is 1. The van der Waals surface area contributed by atoms with Crippen LogP contribution in [0.2, 0.25) is 0 Å². The molecule has 1 aliphatic rings. The van der Waals surface area contributed by atoms with Crippen molar-refractivity contribution in [2.24, 2.45) is 4.99 Å². The zero-order valence-electron chi connectivity index (χ0n) is 19.4. The number of nitrogens with zero attached hydrogens (tertiary/aromatic N) is 4. The number of nitro groups is 3. The molecular formula is C24H16N4O10. The van der Waals surface area contributed by atoms with E-state index in [4.69, 9.17) is 14.2 Å². The molecule has 14 nitrogen and oxygen atoms in total. The van der Waals surface area contributed by atoms with E-state index >= 15 is 0 Å². The summed E-state index contributed by atoms with van der Waals surface area (Å²) in [6.45, 7) is 1.92. The first-order valence-electron chi connectivity index (χ1n) is 10.8. The molecule has 38 heavy (non-hydrogen) atoms. The fourth-order valence-electron chi connectivity index (χ4n) is 3.35. The van der Waals surface area contributed by atoms with E-state index in [0.29, 0.717) is 11.1 Å². The van der Waals surface area contributed by atoms with Gasteiger partial charge in [0.1, 0.15) is 0 Å². The van der Waals surface area contributed by atoms with Gasteiger partial charge in [0.2, 0.25) is 11.6 Å². The molecule has 14 heteroatoms. The summed E-state index contributed by atoms with van der Waals surface area (Å²) in [7, 11) is 0. The molecule has 0 fully saturated rings. The molecule has 0 bridgehead atoms. The van der Waals surface area contributed by atoms with E-state index in [-0.39, 0.29) is 41.1 Å². The topological polar surface area (TPSA) is 187 Å². The molecule has 0 atom stereocenters. The quantitative estimate of drug-likeness (QED) is 0.162. The van der Waals surface area contributed by atoms with Crippen LogP contribution in [0.3, 0.4) is 0 Å². The Hall–Kier alpha value is -5.66. The number of carbonyl (C=O) groups is 1. The van der Waals surface area contributed by atoms with Crippen molar-refractivity contribution >= 4 is 35.0 Å². The van der Waals surface area contributed by atoms with E-state index in [9.17, 15) is 35.1 Å². The molecule has 0 N–H and O–H groups in total. The van der Waals surface area contributed by atoms with Crippen LogP contribution in [-0.2, 0) is 9.53 Å². The number of hydrogen-bond donors (Lipinski definition) is 0. The Kier molecular flexibility index (Phi) is 7.05. The minimum Gasteiger partial charge on any atom is -0.490 e. The monoisotopic (exact) mass is 520 g/mol. The van der Waals surface area contributed by atoms with Crippen molar-refractivity contribution in [1.82, 2.24) is 0 Å². The molecule has 0 saturated carbocycles. The maximum atomic E-state index is 12.4. The molecule has 1 heterocycles. The number of cyclic esters (lactones) is 1. The van der Waals surface area contributed by atoms with Gasteiger partial charge >= 0.3 is 11.7 Å². The highest BCUT2D eigenvalue weighted by molar-refractivity contribution is 6.12. The third-order valence-corrected chi connectivity index (χ3v) is 5.09. The Morgan fingerprint density at radius 1 is 0.842 bits per heavy atom. The second kappa shape index (κ2) is 10.5. The predicted molar refractivity (Wildman–Crippen MR) is 131 cm³/mol. The second-order valence-electron chi connectivity index (χ2n) is 7.55. The lowest BCUT2D eigenvalue weighted by Gasteiger charge is -2.12. The van der Waals surface area contributed by atoms with Gasteiger partial charge in [-0.05, 0) is 48.9 Å². The standard InChI is InChI=1S/C24H16N4O10/c1-2-36-22-12-14(3-9-21(22)37-20-10-8-17(27(32)33)13-19(20)28(34)35)11-18-24(29)38-23(25-18)15-4-6-16(7-5-15)26(30)31/h3-13H,2H2,1H3/b18-11-. The normalized spacial score (nSPS) is 13.6. The first kappa shape index (κ1) is 25.4. The Morgan fingerprint density at radius 2 is 1.50 bits per heavy atom. The lowest BCUT2D eigenvalue weighted by molar-refractivity contribution is -0.394. The van der Waals surface area contributed by atoms with E-state index in [1.165, 1.54) is 48.5 Å². The van der Waals surface area contributed by atoms with Gasteiger partial charge in [0.15, 0.2) is 17.2 Å². The summed E-state index contributed by atoms with van der Waals surface area (Å²) in [5.74, 6) is -0.718. The highest BCUT2D eigenvalue weighted by Gasteiger charge is 2.25. The van der Waals surface area contributed by atoms with Gasteiger partial charge in [-0.2, -0.15) is 0 Å². The average Bonchev–Trinajstić information content (AvgIpc) is 3.25. The number of hydrogen-bond acceptors (Lipinski definition) is 11. The Labute approximate surface area is 212 Å². The summed E-state index contributed by atoms with van der Waals surface area (Å²) in [5, 5.41) is 33.2. The predicted octanol–water partition coefficient (Wildman–Crippen LogP) is 4.95. The van der Waals surface area contributed by atoms with Crippen LogP contribution in [0.25, 0.3) is 6.08 Å². The number of nitro benzene ring substituents is 3. The Morgan fingerprint density at radius 3 is 2.13 bits per heavy atom. The SMILES string of the molecule is CCOc1cc(/C=C2\N=C(c3ccc([N+](=O)[O-])cc3)OC2=O)ccc1Oc1ccc([N+](=O)[O-])cc1[N+](=O)[O-]. The van der Waals surface area contributed by atoms with Gasteiger partial charge in [-0.25, -0.2) is 9.79 Å². The number of non-ortho nitro benzene ring substituents is 2. The van der Waals surface area contributed by atoms with Crippen LogP contribution in [0.1, 0.15) is 18.1 Å². The number of rotatable bonds is 9. The molecule has 0 unspecified atom stereocenters. The van der Waals surface area contributed by atoms with Crippen molar-refractivity contribution in [3.8, 4) is 17.2 Å². The van der Waals surface area contributed by atoms with Crippen LogP contribution < -0.4 is 9.47 Å². The molecule has 192 valence electrons. The average molecular weight is 520 g/mol. The Bertz CT molecular complexity index is 1530. The van der Waals surface area contributed by atoms with Crippen LogP contribution in [0.15, 0.2) is 71.4 Å². The molecule has 1 aliphatic heterocycles. The number of esters is 1. The number of ether oxygens (including phenoxy) is 3. The molecular weight excluding hydrogens is 504 g/mol. The summed E-state index contributed by atoms with van der Waals surface area (Å²) in [4.78, 5) is 47.6. The molecule has 0 saturated heterocycles. The minimum atomic E-state index is -0.798. The van der Waals surface area contributed by atoms with Gasteiger partial charge < -0.3 is 14.2 Å². The zero-order chi connectivity index (χ0) is 27.4. The zero-order valence-corrected chi connectivity index (χ0v) is 19.4. The van der Waals surface area contributed by atoms with Crippen molar-refractivity contribution in [3.63, 3.8) is 0 Å². The highest BCUT2D eigenvalue weighted by atomic mass is 16.6. The molecule has 0 amide bonds. The minimum absolute atomic E-state index is 0.0217. The molecule has 4 rings (SSSR count). The number of carbonyl (C=O) groups excluding carboxylic acids is 1. The summed E-state index contributed by atoms with van der Waals surface area (Å²) >= 11 is 0. The maximum absolute atomic E-state index is 12.4. The van der Waals surface area contributed by atoms with E-state index in [1.807, 2.05) is 0 Å². The largest absolute Gasteiger partial charge is 0.490 e. The first-order chi connectivity index (χ1) is 18.2. The van der Waals surface area contributed by atoms with E-state index in [0.717, 1.165) is 18.2 Å². The van der Waals surface area contributed by atoms with Gasteiger partial charge in [0, 0.05) is 23.8 Å². The van der Waals surface area contributed by atoms with E-state index in [1.54, 1.807) is 6.92 Å². The van der Waals surface area contributed by atoms with Crippen LogP contribution >= 0.6 is 0 Å². The lowest BCUT2D eigenvalue weighted by atomic mass is 10.1. The van der Waals surface area contributed by atoms with E-state index in [2.05, 4.69) is 4.99 Å². The van der Waals surface area contributed by atoms with E-state index < -0.39 is 32.1 Å². The van der Waals surface area contributed by atoms with Gasteiger partial charge in [0.25, 0.3) is 11.4 Å². The van der Waals surface area contributed by atoms with Crippen LogP contribution in [0, 0.1) is 30.3 Å². The first-order valence-corrected chi connectivity index (χ1v) is 10.8. The van der Waals surface area contributed by atoms with Crippen molar-refractivity contribution in [3.05, 3.63) is 108 Å². The Balaban J connectivity index is 1.63. The summed E-state index contributed by atoms with van der Waals surface area (Å²) in [6.07, 6.45) is 1.42. The van der Waals surface area contributed by atoms with Crippen molar-refractivity contribution in [2.45, 2.75) is 6.92 Å². The third kappa shape index (κ3) is 5.43. The molecule has 0 radical (unpaired) electrons. The van der Waals surface area contributed by atoms with Crippen LogP contribution in [0.4, 0.5) is 17.1 Å². The molecule has 0 aromatic heterocycles. The maximum Gasteiger partial charge on any atom is 0.363 e. The summed E-state index contributed by atoms with van der Waals surface area (Å²) in [6, 6.07) is 12.8. The number of benzene rings is 3. The smallest absolute Gasteiger partial charge is 0.363 e. The van der Waals surface area contributed by atoms with Gasteiger partial charge in [-0.3, -0.25) is 30.3 Å². The fraction of sp³-hybridized carbons (Fsp3) is 0.0833. The molecule has 3 aromatic rings. The van der Waals surface area contributed by atoms with Gasteiger partial charge in [0.05, 0.1) is 27.4 Å². The van der Waals surface area contributed by atoms with Crippen LogP contribution in [-0.4, -0.2) is 33.2 Å². The highest BCUT2D eigenvalue weighted by Crippen LogP contribution is 2.39. The van der Waals surface area contributed by atoms with Crippen molar-refractivity contribution in [2.75, 3.05) is 6.61 Å². The molecule has 0 spiro atoms. The molecule has 0 aliphatic carbocycles. The molecule has 3 aromatic carbocycles. The van der Waals surface area contributed by atoms with Crippen LogP contribution in [0.5, 0.6) is 17.2 Å². The third-order valence-electron chi connectivity index (χ3n) is 5.09. The lowest BCUT2D eigenvalue weighted by Crippen LogP contribution is -2.05. The van der Waals surface area contributed by atoms with Crippen molar-refractivity contribution < 1.29 is 33.8 Å². The van der Waals surface area contributed by atoms with Crippen molar-refractivity contribution in [1.29, 1.82) is 0 Å².